The van der Waals surface area contributed by atoms with Crippen molar-refractivity contribution in [2.24, 2.45) is 18.9 Å². The van der Waals surface area contributed by atoms with E-state index in [0.717, 1.165) is 6.42 Å². The van der Waals surface area contributed by atoms with Crippen molar-refractivity contribution < 1.29 is 9.90 Å². The number of hydrogen-bond donors (Lipinski definition) is 2. The Hall–Kier alpha value is -1.07. The molecule has 22 heavy (non-hydrogen) atoms. The van der Waals surface area contributed by atoms with Crippen LogP contribution in [-0.2, 0) is 7.05 Å². The van der Waals surface area contributed by atoms with E-state index in [4.69, 9.17) is 16.7 Å². The predicted molar refractivity (Wildman–Crippen MR) is 89.3 cm³/mol. The largest absolute Gasteiger partial charge is 0.396 e. The normalized spacial score (nSPS) is 13.0. The number of rotatable bonds is 8. The highest BCUT2D eigenvalue weighted by Gasteiger charge is 2.24. The fourth-order valence-electron chi connectivity index (χ4n) is 2.62. The number of halogens is 1. The number of aryl methyl sites for hydroxylation is 1. The van der Waals surface area contributed by atoms with Crippen LogP contribution in [0.3, 0.4) is 0 Å². The quantitative estimate of drug-likeness (QED) is 0.770. The van der Waals surface area contributed by atoms with E-state index in [1.165, 1.54) is 4.68 Å². The van der Waals surface area contributed by atoms with Crippen molar-refractivity contribution in [2.75, 3.05) is 13.2 Å². The molecule has 2 N–H and O–H groups in total. The predicted octanol–water partition coefficient (Wildman–Crippen LogP) is 2.97. The van der Waals surface area contributed by atoms with Gasteiger partial charge in [0, 0.05) is 20.2 Å². The highest BCUT2D eigenvalue weighted by molar-refractivity contribution is 6.33. The van der Waals surface area contributed by atoms with Crippen molar-refractivity contribution in [3.8, 4) is 0 Å². The summed E-state index contributed by atoms with van der Waals surface area (Å²) >= 11 is 6.21. The zero-order valence-electron chi connectivity index (χ0n) is 14.2. The molecule has 1 aromatic heterocycles. The number of nitrogens with one attached hydrogen (secondary N) is 1. The van der Waals surface area contributed by atoms with Gasteiger partial charge in [-0.1, -0.05) is 39.3 Å². The Kier molecular flexibility index (Phi) is 7.36. The van der Waals surface area contributed by atoms with Gasteiger partial charge in [-0.05, 0) is 30.6 Å². The standard InChI is InChI=1S/C16H28ClN3O2/c1-10(2)8-12(6-7-21)9-18-16(22)13-14(11(3)4)19-20(5)15(13)17/h10-12,21H,6-9H2,1-5H3,(H,18,22). The third kappa shape index (κ3) is 4.99. The molecular formula is C16H28ClN3O2. The molecule has 0 saturated carbocycles. The second-order valence-electron chi connectivity index (χ2n) is 6.55. The van der Waals surface area contributed by atoms with Gasteiger partial charge in [-0.25, -0.2) is 0 Å². The Bertz CT molecular complexity index is 498. The first-order valence-electron chi connectivity index (χ1n) is 7.89. The van der Waals surface area contributed by atoms with Crippen LogP contribution >= 0.6 is 11.6 Å². The molecule has 0 aliphatic heterocycles. The lowest BCUT2D eigenvalue weighted by molar-refractivity contribution is 0.0940. The highest BCUT2D eigenvalue weighted by Crippen LogP contribution is 2.25. The van der Waals surface area contributed by atoms with Crippen molar-refractivity contribution in [2.45, 2.75) is 46.5 Å². The molecule has 6 heteroatoms. The molecule has 1 heterocycles. The van der Waals surface area contributed by atoms with Crippen LogP contribution in [0.1, 0.15) is 62.5 Å². The summed E-state index contributed by atoms with van der Waals surface area (Å²) in [6, 6.07) is 0. The molecule has 5 nitrogen and oxygen atoms in total. The Morgan fingerprint density at radius 2 is 2.00 bits per heavy atom. The summed E-state index contributed by atoms with van der Waals surface area (Å²) < 4.78 is 1.53. The third-order valence-corrected chi connectivity index (χ3v) is 4.11. The summed E-state index contributed by atoms with van der Waals surface area (Å²) in [5.41, 5.74) is 1.18. The third-order valence-electron chi connectivity index (χ3n) is 3.67. The van der Waals surface area contributed by atoms with Crippen LogP contribution in [-0.4, -0.2) is 33.9 Å². The average molecular weight is 330 g/mol. The van der Waals surface area contributed by atoms with E-state index in [0.29, 0.717) is 35.3 Å². The minimum atomic E-state index is -0.187. The molecule has 0 aromatic carbocycles. The van der Waals surface area contributed by atoms with Crippen molar-refractivity contribution in [3.63, 3.8) is 0 Å². The molecule has 0 bridgehead atoms. The van der Waals surface area contributed by atoms with Gasteiger partial charge in [0.15, 0.2) is 0 Å². The Morgan fingerprint density at radius 1 is 1.36 bits per heavy atom. The fraction of sp³-hybridized carbons (Fsp3) is 0.750. The van der Waals surface area contributed by atoms with E-state index in [-0.39, 0.29) is 24.3 Å². The molecule has 0 aliphatic rings. The van der Waals surface area contributed by atoms with Gasteiger partial charge >= 0.3 is 0 Å². The van der Waals surface area contributed by atoms with Crippen LogP contribution < -0.4 is 5.32 Å². The first-order valence-corrected chi connectivity index (χ1v) is 8.27. The number of carbonyl (C=O) groups excluding carboxylic acids is 1. The number of hydrogen-bond acceptors (Lipinski definition) is 3. The van der Waals surface area contributed by atoms with E-state index in [1.54, 1.807) is 7.05 Å². The maximum absolute atomic E-state index is 12.5. The van der Waals surface area contributed by atoms with Gasteiger partial charge in [-0.15, -0.1) is 0 Å². The monoisotopic (exact) mass is 329 g/mol. The number of aliphatic hydroxyl groups excluding tert-OH is 1. The summed E-state index contributed by atoms with van der Waals surface area (Å²) in [5, 5.41) is 16.8. The molecule has 1 rings (SSSR count). The smallest absolute Gasteiger partial charge is 0.256 e. The number of carbonyl (C=O) groups is 1. The maximum Gasteiger partial charge on any atom is 0.256 e. The lowest BCUT2D eigenvalue weighted by Gasteiger charge is -2.18. The molecule has 0 radical (unpaired) electrons. The molecule has 1 amide bonds. The topological polar surface area (TPSA) is 67.2 Å². The van der Waals surface area contributed by atoms with E-state index in [1.807, 2.05) is 13.8 Å². The molecular weight excluding hydrogens is 302 g/mol. The molecule has 0 saturated heterocycles. The van der Waals surface area contributed by atoms with Gasteiger partial charge in [0.25, 0.3) is 5.91 Å². The van der Waals surface area contributed by atoms with Gasteiger partial charge in [-0.2, -0.15) is 5.10 Å². The van der Waals surface area contributed by atoms with E-state index in [2.05, 4.69) is 24.3 Å². The number of amides is 1. The molecule has 0 aliphatic carbocycles. The number of aromatic nitrogens is 2. The van der Waals surface area contributed by atoms with Gasteiger partial charge < -0.3 is 10.4 Å². The average Bonchev–Trinajstić information content (AvgIpc) is 2.72. The summed E-state index contributed by atoms with van der Waals surface area (Å²) in [6.45, 7) is 8.94. The maximum atomic E-state index is 12.5. The van der Waals surface area contributed by atoms with E-state index < -0.39 is 0 Å². The van der Waals surface area contributed by atoms with Crippen LogP contribution in [0.15, 0.2) is 0 Å². The van der Waals surface area contributed by atoms with Crippen LogP contribution in [0, 0.1) is 11.8 Å². The summed E-state index contributed by atoms with van der Waals surface area (Å²) in [5.74, 6) is 0.741. The van der Waals surface area contributed by atoms with Crippen molar-refractivity contribution in [1.82, 2.24) is 15.1 Å². The van der Waals surface area contributed by atoms with Crippen LogP contribution in [0.25, 0.3) is 0 Å². The Balaban J connectivity index is 2.80. The minimum Gasteiger partial charge on any atom is -0.396 e. The first-order chi connectivity index (χ1) is 10.3. The molecule has 0 fully saturated rings. The van der Waals surface area contributed by atoms with E-state index >= 15 is 0 Å². The lowest BCUT2D eigenvalue weighted by atomic mass is 9.94. The SMILES string of the molecule is CC(C)CC(CCO)CNC(=O)c1c(C(C)C)nn(C)c1Cl. The minimum absolute atomic E-state index is 0.128. The molecule has 126 valence electrons. The lowest BCUT2D eigenvalue weighted by Crippen LogP contribution is -2.31. The van der Waals surface area contributed by atoms with E-state index in [9.17, 15) is 4.79 Å². The first kappa shape index (κ1) is 19.0. The van der Waals surface area contributed by atoms with Gasteiger partial charge in [0.1, 0.15) is 5.15 Å². The zero-order chi connectivity index (χ0) is 16.9. The fourth-order valence-corrected chi connectivity index (χ4v) is 2.84. The van der Waals surface area contributed by atoms with Crippen molar-refractivity contribution in [1.29, 1.82) is 0 Å². The van der Waals surface area contributed by atoms with Crippen LogP contribution in [0.2, 0.25) is 5.15 Å². The Labute approximate surface area is 138 Å². The Morgan fingerprint density at radius 3 is 2.50 bits per heavy atom. The summed E-state index contributed by atoms with van der Waals surface area (Å²) in [6.07, 6.45) is 1.66. The molecule has 1 atom stereocenters. The van der Waals surface area contributed by atoms with Crippen molar-refractivity contribution >= 4 is 17.5 Å². The number of nitrogens with zero attached hydrogens (tertiary/aromatic N) is 2. The van der Waals surface area contributed by atoms with Crippen LogP contribution in [0.5, 0.6) is 0 Å². The van der Waals surface area contributed by atoms with Gasteiger partial charge in [0.05, 0.1) is 11.3 Å². The molecule has 0 spiro atoms. The highest BCUT2D eigenvalue weighted by atomic mass is 35.5. The second kappa shape index (κ2) is 8.53. The summed E-state index contributed by atoms with van der Waals surface area (Å²) in [7, 11) is 1.73. The number of aliphatic hydroxyl groups is 1. The zero-order valence-corrected chi connectivity index (χ0v) is 14.9. The summed E-state index contributed by atoms with van der Waals surface area (Å²) in [4.78, 5) is 12.5. The van der Waals surface area contributed by atoms with Gasteiger partial charge in [-0.3, -0.25) is 9.48 Å². The van der Waals surface area contributed by atoms with Gasteiger partial charge in [0.2, 0.25) is 0 Å². The van der Waals surface area contributed by atoms with Crippen LogP contribution in [0.4, 0.5) is 0 Å². The molecule has 1 unspecified atom stereocenters. The van der Waals surface area contributed by atoms with Crippen molar-refractivity contribution in [3.05, 3.63) is 16.4 Å². The second-order valence-corrected chi connectivity index (χ2v) is 6.91. The molecule has 1 aromatic rings.